The molecule has 0 bridgehead atoms. The molecule has 2 amide bonds. The molecule has 8 nitrogen and oxygen atoms in total. The maximum atomic E-state index is 12.7. The molecule has 4 aromatic carbocycles. The maximum absolute atomic E-state index is 12.7. The number of aliphatic imine (C=N–C) groups is 1. The number of carbonyl (C=O) groups is 3. The van der Waals surface area contributed by atoms with E-state index in [2.05, 4.69) is 15.6 Å². The van der Waals surface area contributed by atoms with Crippen LogP contribution < -0.4 is 15.4 Å². The number of thioether (sulfide) groups is 1. The van der Waals surface area contributed by atoms with Gasteiger partial charge in [0.15, 0.2) is 5.17 Å². The number of rotatable bonds is 9. The molecular weight excluding hydrogens is 526 g/mol. The van der Waals surface area contributed by atoms with Crippen molar-refractivity contribution < 1.29 is 24.2 Å². The second-order valence-electron chi connectivity index (χ2n) is 9.01. The Morgan fingerprint density at radius 1 is 0.925 bits per heavy atom. The first kappa shape index (κ1) is 26.7. The summed E-state index contributed by atoms with van der Waals surface area (Å²) in [5, 5.41) is 16.7. The smallest absolute Gasteiger partial charge is 0.307 e. The Hall–Kier alpha value is -4.89. The largest absolute Gasteiger partial charge is 0.488 e. The lowest BCUT2D eigenvalue weighted by Gasteiger charge is -2.12. The van der Waals surface area contributed by atoms with Gasteiger partial charge in [0, 0.05) is 11.3 Å². The van der Waals surface area contributed by atoms with Crippen LogP contribution in [-0.2, 0) is 27.4 Å². The molecular formula is C31H25N3O5S. The predicted octanol–water partition coefficient (Wildman–Crippen LogP) is 5.24. The highest BCUT2D eigenvalue weighted by Gasteiger charge is 2.24. The quantitative estimate of drug-likeness (QED) is 0.245. The molecule has 1 saturated heterocycles. The highest BCUT2D eigenvalue weighted by molar-refractivity contribution is 8.18. The van der Waals surface area contributed by atoms with Gasteiger partial charge in [-0.25, -0.2) is 0 Å². The molecule has 0 spiro atoms. The summed E-state index contributed by atoms with van der Waals surface area (Å²) in [6.45, 7) is 0.201. The van der Waals surface area contributed by atoms with Crippen LogP contribution in [0.25, 0.3) is 16.8 Å². The predicted molar refractivity (Wildman–Crippen MR) is 157 cm³/mol. The van der Waals surface area contributed by atoms with Crippen molar-refractivity contribution in [1.29, 1.82) is 0 Å². The van der Waals surface area contributed by atoms with Crippen LogP contribution in [0.5, 0.6) is 5.75 Å². The van der Waals surface area contributed by atoms with Crippen LogP contribution in [0.4, 0.5) is 5.69 Å². The standard InChI is InChI=1S/C31H25N3O5S/c35-28(33-25-12-10-20(11-13-25)14-29(36)37)18-32-31-34-30(38)27(40-31)17-24-15-22-8-4-5-9-23(22)16-26(24)39-19-21-6-2-1-3-7-21/h1-13,15-17H,14,18-19H2,(H,33,35)(H,36,37)(H,32,34,38). The summed E-state index contributed by atoms with van der Waals surface area (Å²) in [6.07, 6.45) is 1.68. The second-order valence-corrected chi connectivity index (χ2v) is 10.0. The van der Waals surface area contributed by atoms with E-state index < -0.39 is 5.97 Å². The maximum Gasteiger partial charge on any atom is 0.307 e. The molecule has 200 valence electrons. The number of hydrogen-bond acceptors (Lipinski definition) is 6. The summed E-state index contributed by atoms with van der Waals surface area (Å²) in [5.74, 6) is -0.937. The molecule has 0 atom stereocenters. The molecule has 3 N–H and O–H groups in total. The van der Waals surface area contributed by atoms with Crippen LogP contribution in [0.1, 0.15) is 16.7 Å². The molecule has 5 rings (SSSR count). The summed E-state index contributed by atoms with van der Waals surface area (Å²) in [5.41, 5.74) is 2.96. The first-order chi connectivity index (χ1) is 19.4. The minimum atomic E-state index is -0.923. The van der Waals surface area contributed by atoms with Crippen LogP contribution in [0.3, 0.4) is 0 Å². The number of amides is 2. The van der Waals surface area contributed by atoms with Crippen molar-refractivity contribution in [3.8, 4) is 5.75 Å². The zero-order chi connectivity index (χ0) is 27.9. The topological polar surface area (TPSA) is 117 Å². The Kier molecular flexibility index (Phi) is 8.22. The average Bonchev–Trinajstić information content (AvgIpc) is 3.30. The molecule has 0 radical (unpaired) electrons. The van der Waals surface area contributed by atoms with Crippen molar-refractivity contribution in [2.45, 2.75) is 13.0 Å². The fourth-order valence-corrected chi connectivity index (χ4v) is 4.89. The van der Waals surface area contributed by atoms with Gasteiger partial charge in [0.25, 0.3) is 5.91 Å². The van der Waals surface area contributed by atoms with E-state index in [0.29, 0.717) is 33.7 Å². The number of nitrogens with one attached hydrogen (secondary N) is 2. The minimum Gasteiger partial charge on any atom is -0.488 e. The summed E-state index contributed by atoms with van der Waals surface area (Å²) < 4.78 is 6.17. The Labute approximate surface area is 234 Å². The number of anilines is 1. The van der Waals surface area contributed by atoms with E-state index in [0.717, 1.165) is 33.7 Å². The molecule has 9 heteroatoms. The van der Waals surface area contributed by atoms with Gasteiger partial charge in [-0.05, 0) is 64.0 Å². The zero-order valence-electron chi connectivity index (χ0n) is 21.3. The van der Waals surface area contributed by atoms with Gasteiger partial charge in [0.1, 0.15) is 18.9 Å². The number of carbonyl (C=O) groups excluding carboxylic acids is 2. The molecule has 1 aliphatic heterocycles. The lowest BCUT2D eigenvalue weighted by atomic mass is 10.1. The molecule has 0 saturated carbocycles. The van der Waals surface area contributed by atoms with E-state index in [4.69, 9.17) is 9.84 Å². The lowest BCUT2D eigenvalue weighted by molar-refractivity contribution is -0.136. The minimum absolute atomic E-state index is 0.0888. The van der Waals surface area contributed by atoms with E-state index in [9.17, 15) is 14.4 Å². The molecule has 1 fully saturated rings. The Balaban J connectivity index is 1.28. The fourth-order valence-electron chi connectivity index (χ4n) is 4.08. The third-order valence-electron chi connectivity index (χ3n) is 6.01. The van der Waals surface area contributed by atoms with E-state index in [1.165, 1.54) is 0 Å². The molecule has 1 aliphatic rings. The van der Waals surface area contributed by atoms with Gasteiger partial charge in [-0.1, -0.05) is 66.7 Å². The van der Waals surface area contributed by atoms with Gasteiger partial charge in [0.2, 0.25) is 5.91 Å². The molecule has 1 heterocycles. The van der Waals surface area contributed by atoms with Crippen molar-refractivity contribution in [1.82, 2.24) is 5.32 Å². The molecule has 4 aromatic rings. The summed E-state index contributed by atoms with van der Waals surface area (Å²) >= 11 is 1.16. The first-order valence-corrected chi connectivity index (χ1v) is 13.3. The number of ether oxygens (including phenoxy) is 1. The number of aliphatic carboxylic acids is 1. The summed E-state index contributed by atoms with van der Waals surface area (Å²) in [7, 11) is 0. The second kappa shape index (κ2) is 12.3. The van der Waals surface area contributed by atoms with Gasteiger partial charge in [0.05, 0.1) is 11.3 Å². The van der Waals surface area contributed by atoms with E-state index in [1.807, 2.05) is 66.7 Å². The monoisotopic (exact) mass is 551 g/mol. The number of benzene rings is 4. The van der Waals surface area contributed by atoms with Gasteiger partial charge in [-0.2, -0.15) is 0 Å². The third kappa shape index (κ3) is 6.95. The van der Waals surface area contributed by atoms with E-state index in [1.54, 1.807) is 30.3 Å². The van der Waals surface area contributed by atoms with Gasteiger partial charge in [-0.15, -0.1) is 0 Å². The SMILES string of the molecule is O=C(O)Cc1ccc(NC(=O)CN=C2NC(=O)C(=Cc3cc4ccccc4cc3OCc3ccccc3)S2)cc1. The van der Waals surface area contributed by atoms with Crippen molar-refractivity contribution in [3.63, 3.8) is 0 Å². The number of carboxylic acid groups (broad SMARTS) is 1. The number of fused-ring (bicyclic) bond motifs is 1. The number of nitrogens with zero attached hydrogens (tertiary/aromatic N) is 1. The van der Waals surface area contributed by atoms with Crippen molar-refractivity contribution in [2.24, 2.45) is 4.99 Å². The third-order valence-corrected chi connectivity index (χ3v) is 6.96. The fraction of sp³-hybridized carbons (Fsp3) is 0.0968. The van der Waals surface area contributed by atoms with Crippen molar-refractivity contribution in [2.75, 3.05) is 11.9 Å². The zero-order valence-corrected chi connectivity index (χ0v) is 22.1. The summed E-state index contributed by atoms with van der Waals surface area (Å²) in [6, 6.07) is 28.3. The summed E-state index contributed by atoms with van der Waals surface area (Å²) in [4.78, 5) is 40.6. The van der Waals surface area contributed by atoms with E-state index >= 15 is 0 Å². The number of amidine groups is 1. The normalized spacial score (nSPS) is 14.8. The van der Waals surface area contributed by atoms with Gasteiger partial charge in [-0.3, -0.25) is 19.4 Å². The van der Waals surface area contributed by atoms with Gasteiger partial charge < -0.3 is 20.5 Å². The average molecular weight is 552 g/mol. The number of carboxylic acids is 1. The Bertz CT molecular complexity index is 1630. The van der Waals surface area contributed by atoms with Crippen LogP contribution >= 0.6 is 11.8 Å². The highest BCUT2D eigenvalue weighted by atomic mass is 32.2. The Morgan fingerprint density at radius 2 is 1.62 bits per heavy atom. The highest BCUT2D eigenvalue weighted by Crippen LogP contribution is 2.33. The van der Waals surface area contributed by atoms with E-state index in [-0.39, 0.29) is 24.8 Å². The van der Waals surface area contributed by atoms with Crippen LogP contribution in [0.15, 0.2) is 101 Å². The number of hydrogen-bond donors (Lipinski definition) is 3. The molecule has 0 aromatic heterocycles. The van der Waals surface area contributed by atoms with Crippen molar-refractivity contribution >= 4 is 57.2 Å². The van der Waals surface area contributed by atoms with Crippen LogP contribution in [-0.4, -0.2) is 34.6 Å². The Morgan fingerprint density at radius 3 is 2.35 bits per heavy atom. The first-order valence-electron chi connectivity index (χ1n) is 12.5. The lowest BCUT2D eigenvalue weighted by Crippen LogP contribution is -2.22. The van der Waals surface area contributed by atoms with Gasteiger partial charge >= 0.3 is 5.97 Å². The molecule has 40 heavy (non-hydrogen) atoms. The van der Waals surface area contributed by atoms with Crippen LogP contribution in [0, 0.1) is 0 Å². The molecule has 0 aliphatic carbocycles. The van der Waals surface area contributed by atoms with Crippen LogP contribution in [0.2, 0.25) is 0 Å². The molecule has 0 unspecified atom stereocenters. The van der Waals surface area contributed by atoms with Crippen molar-refractivity contribution in [3.05, 3.63) is 113 Å².